The molecule has 7 nitrogen and oxygen atoms in total. The molecule has 0 aromatic heterocycles. The van der Waals surface area contributed by atoms with E-state index < -0.39 is 12.0 Å². The van der Waals surface area contributed by atoms with Crippen LogP contribution in [0.15, 0.2) is 0 Å². The van der Waals surface area contributed by atoms with Crippen molar-refractivity contribution in [1.82, 2.24) is 14.7 Å². The Kier molecular flexibility index (Phi) is 4.97. The summed E-state index contributed by atoms with van der Waals surface area (Å²) in [6.45, 7) is 5.41. The number of piperazine rings is 1. The topological polar surface area (TPSA) is 81.2 Å². The fourth-order valence-electron chi connectivity index (χ4n) is 2.70. The quantitative estimate of drug-likeness (QED) is 0.803. The summed E-state index contributed by atoms with van der Waals surface area (Å²) in [5.41, 5.74) is 0. The molecule has 0 aliphatic carbocycles. The third-order valence-electron chi connectivity index (χ3n) is 3.94. The molecule has 1 N–H and O–H groups in total. The largest absolute Gasteiger partial charge is 0.480 e. The van der Waals surface area contributed by atoms with Crippen LogP contribution in [-0.2, 0) is 9.59 Å². The Bertz CT molecular complexity index is 437. The molecule has 2 aliphatic rings. The summed E-state index contributed by atoms with van der Waals surface area (Å²) < 4.78 is 0. The van der Waals surface area contributed by atoms with Gasteiger partial charge < -0.3 is 14.9 Å². The van der Waals surface area contributed by atoms with Crippen molar-refractivity contribution in [3.8, 4) is 0 Å². The smallest absolute Gasteiger partial charge is 0.327 e. The molecule has 0 spiro atoms. The Balaban J connectivity index is 2.04. The first-order valence-electron chi connectivity index (χ1n) is 7.12. The molecule has 118 valence electrons. The highest BCUT2D eigenvalue weighted by molar-refractivity contribution is 8.00. The van der Waals surface area contributed by atoms with Gasteiger partial charge in [0, 0.05) is 38.9 Å². The predicted octanol–water partition coefficient (Wildman–Crippen LogP) is 0.509. The molecule has 2 fully saturated rings. The van der Waals surface area contributed by atoms with Gasteiger partial charge in [0.1, 0.15) is 6.04 Å². The lowest BCUT2D eigenvalue weighted by atomic mass is 10.2. The van der Waals surface area contributed by atoms with Crippen LogP contribution in [0.2, 0.25) is 0 Å². The number of thioether (sulfide) groups is 1. The molecule has 2 unspecified atom stereocenters. The summed E-state index contributed by atoms with van der Waals surface area (Å²) in [6, 6.07) is -0.972. The first-order valence-corrected chi connectivity index (χ1v) is 8.17. The zero-order chi connectivity index (χ0) is 15.6. The van der Waals surface area contributed by atoms with E-state index in [1.807, 2.05) is 6.92 Å². The summed E-state index contributed by atoms with van der Waals surface area (Å²) in [4.78, 5) is 40.1. The second kappa shape index (κ2) is 6.55. The number of carboxylic acid groups (broad SMARTS) is 1. The Morgan fingerprint density at radius 1 is 1.14 bits per heavy atom. The average Bonchev–Trinajstić information content (AvgIpc) is 2.90. The normalized spacial score (nSPS) is 26.1. The Hall–Kier alpha value is -1.44. The van der Waals surface area contributed by atoms with Gasteiger partial charge in [-0.3, -0.25) is 9.69 Å². The summed E-state index contributed by atoms with van der Waals surface area (Å²) >= 11 is 1.52. The van der Waals surface area contributed by atoms with Crippen molar-refractivity contribution in [2.24, 2.45) is 0 Å². The number of carbonyl (C=O) groups excluding carboxylic acids is 2. The highest BCUT2D eigenvalue weighted by atomic mass is 32.2. The summed E-state index contributed by atoms with van der Waals surface area (Å²) in [5, 5.41) is 9.20. The second-order valence-electron chi connectivity index (χ2n) is 5.23. The first-order chi connectivity index (χ1) is 9.95. The van der Waals surface area contributed by atoms with Crippen LogP contribution in [0.3, 0.4) is 0 Å². The van der Waals surface area contributed by atoms with Crippen molar-refractivity contribution < 1.29 is 19.5 Å². The number of hydrogen-bond acceptors (Lipinski definition) is 4. The maximum atomic E-state index is 12.6. The number of carbonyl (C=O) groups is 3. The first kappa shape index (κ1) is 15.9. The Labute approximate surface area is 128 Å². The van der Waals surface area contributed by atoms with Crippen molar-refractivity contribution in [1.29, 1.82) is 0 Å². The van der Waals surface area contributed by atoms with Crippen LogP contribution in [0.5, 0.6) is 0 Å². The molecule has 8 heteroatoms. The van der Waals surface area contributed by atoms with Crippen LogP contribution in [0.4, 0.5) is 4.79 Å². The number of nitrogens with zero attached hydrogens (tertiary/aromatic N) is 3. The highest BCUT2D eigenvalue weighted by Crippen LogP contribution is 2.32. The van der Waals surface area contributed by atoms with Crippen LogP contribution in [-0.4, -0.2) is 81.1 Å². The lowest BCUT2D eigenvalue weighted by Gasteiger charge is -2.38. The number of rotatable bonds is 2. The van der Waals surface area contributed by atoms with E-state index in [1.165, 1.54) is 23.6 Å². The predicted molar refractivity (Wildman–Crippen MR) is 79.0 cm³/mol. The minimum atomic E-state index is -0.950. The second-order valence-corrected chi connectivity index (χ2v) is 6.44. The minimum absolute atomic E-state index is 0.00803. The standard InChI is InChI=1S/C13H21N3O4S/c1-3-11-16(10(8-21-11)12(18)19)13(20)15-6-4-14(5-7-15)9(2)17/h10-11H,3-8H2,1-2H3,(H,18,19). The molecule has 0 saturated carbocycles. The number of amides is 3. The molecular weight excluding hydrogens is 294 g/mol. The molecule has 0 bridgehead atoms. The monoisotopic (exact) mass is 315 g/mol. The number of carboxylic acids is 1. The maximum absolute atomic E-state index is 12.6. The summed E-state index contributed by atoms with van der Waals surface area (Å²) in [7, 11) is 0. The lowest BCUT2D eigenvalue weighted by Crippen LogP contribution is -2.57. The van der Waals surface area contributed by atoms with Gasteiger partial charge in [-0.2, -0.15) is 0 Å². The van der Waals surface area contributed by atoms with E-state index in [2.05, 4.69) is 0 Å². The summed E-state index contributed by atoms with van der Waals surface area (Å²) in [6.07, 6.45) is 0.730. The molecule has 2 rings (SSSR count). The highest BCUT2D eigenvalue weighted by Gasteiger charge is 2.42. The van der Waals surface area contributed by atoms with Crippen molar-refractivity contribution in [2.45, 2.75) is 31.7 Å². The molecule has 2 aliphatic heterocycles. The van der Waals surface area contributed by atoms with Gasteiger partial charge in [-0.1, -0.05) is 6.92 Å². The van der Waals surface area contributed by atoms with Crippen molar-refractivity contribution in [2.75, 3.05) is 31.9 Å². The van der Waals surface area contributed by atoms with Gasteiger partial charge in [-0.25, -0.2) is 9.59 Å². The number of hydrogen-bond donors (Lipinski definition) is 1. The maximum Gasteiger partial charge on any atom is 0.327 e. The molecule has 2 atom stereocenters. The van der Waals surface area contributed by atoms with E-state index in [1.54, 1.807) is 9.80 Å². The van der Waals surface area contributed by atoms with E-state index in [0.29, 0.717) is 31.9 Å². The molecule has 2 saturated heterocycles. The average molecular weight is 315 g/mol. The van der Waals surface area contributed by atoms with Crippen LogP contribution in [0.1, 0.15) is 20.3 Å². The van der Waals surface area contributed by atoms with Gasteiger partial charge in [-0.05, 0) is 6.42 Å². The van der Waals surface area contributed by atoms with Gasteiger partial charge in [0.15, 0.2) is 0 Å². The van der Waals surface area contributed by atoms with Gasteiger partial charge in [-0.15, -0.1) is 11.8 Å². The number of urea groups is 1. The van der Waals surface area contributed by atoms with E-state index in [0.717, 1.165) is 6.42 Å². The van der Waals surface area contributed by atoms with Crippen molar-refractivity contribution >= 4 is 29.7 Å². The van der Waals surface area contributed by atoms with Gasteiger partial charge >= 0.3 is 12.0 Å². The van der Waals surface area contributed by atoms with E-state index in [9.17, 15) is 19.5 Å². The molecule has 3 amide bonds. The fourth-order valence-corrected chi connectivity index (χ4v) is 4.04. The fraction of sp³-hybridized carbons (Fsp3) is 0.769. The third-order valence-corrected chi connectivity index (χ3v) is 5.40. The lowest BCUT2D eigenvalue weighted by molar-refractivity contribution is -0.141. The zero-order valence-corrected chi connectivity index (χ0v) is 13.1. The van der Waals surface area contributed by atoms with Crippen LogP contribution < -0.4 is 0 Å². The van der Waals surface area contributed by atoms with E-state index in [4.69, 9.17) is 0 Å². The van der Waals surface area contributed by atoms with Crippen LogP contribution >= 0.6 is 11.8 Å². The van der Waals surface area contributed by atoms with E-state index >= 15 is 0 Å². The van der Waals surface area contributed by atoms with Gasteiger partial charge in [0.05, 0.1) is 5.37 Å². The Morgan fingerprint density at radius 3 is 2.19 bits per heavy atom. The molecule has 2 heterocycles. The van der Waals surface area contributed by atoms with Gasteiger partial charge in [0.25, 0.3) is 0 Å². The van der Waals surface area contributed by atoms with Crippen molar-refractivity contribution in [3.63, 3.8) is 0 Å². The molecule has 0 aromatic carbocycles. The van der Waals surface area contributed by atoms with E-state index in [-0.39, 0.29) is 17.3 Å². The Morgan fingerprint density at radius 2 is 1.71 bits per heavy atom. The van der Waals surface area contributed by atoms with Crippen molar-refractivity contribution in [3.05, 3.63) is 0 Å². The molecule has 21 heavy (non-hydrogen) atoms. The molecule has 0 radical (unpaired) electrons. The number of aliphatic carboxylic acids is 1. The van der Waals surface area contributed by atoms with Crippen LogP contribution in [0.25, 0.3) is 0 Å². The molecular formula is C13H21N3O4S. The third kappa shape index (κ3) is 3.25. The minimum Gasteiger partial charge on any atom is -0.480 e. The van der Waals surface area contributed by atoms with Gasteiger partial charge in [0.2, 0.25) is 5.91 Å². The molecule has 0 aromatic rings. The summed E-state index contributed by atoms with van der Waals surface area (Å²) in [5.74, 6) is -0.504. The SMILES string of the molecule is CCC1SCC(C(=O)O)N1C(=O)N1CCN(C(C)=O)CC1. The van der Waals surface area contributed by atoms with Crippen LogP contribution in [0, 0.1) is 0 Å². The zero-order valence-electron chi connectivity index (χ0n) is 12.3.